The second kappa shape index (κ2) is 10.3. The topological polar surface area (TPSA) is 219 Å². The maximum absolute atomic E-state index is 13.2. The number of aromatic nitrogens is 6. The molecule has 38 heavy (non-hydrogen) atoms. The van der Waals surface area contributed by atoms with Gasteiger partial charge in [-0.2, -0.15) is 0 Å². The van der Waals surface area contributed by atoms with Crippen LogP contribution in [-0.2, 0) is 23.1 Å². The fourth-order valence-electron chi connectivity index (χ4n) is 4.55. The monoisotopic (exact) mass is 553 g/mol. The van der Waals surface area contributed by atoms with Gasteiger partial charge in [0.05, 0.1) is 31.7 Å². The molecule has 17 heteroatoms. The highest BCUT2D eigenvalue weighted by atomic mass is 31.2. The molecule has 2 fully saturated rings. The fraction of sp³-hybridized carbons (Fsp3) is 0.571. The second-order valence-electron chi connectivity index (χ2n) is 9.25. The van der Waals surface area contributed by atoms with Crippen LogP contribution in [0.15, 0.2) is 28.4 Å². The molecule has 206 valence electrons. The molecule has 2 aliphatic heterocycles. The van der Waals surface area contributed by atoms with Crippen LogP contribution >= 0.6 is 7.60 Å². The van der Waals surface area contributed by atoms with E-state index in [0.717, 1.165) is 0 Å². The molecular weight excluding hydrogens is 525 g/mol. The lowest BCUT2D eigenvalue weighted by molar-refractivity contribution is -0.0510. The highest BCUT2D eigenvalue weighted by molar-refractivity contribution is 7.53. The number of nitrogens with one attached hydrogen (secondary N) is 1. The van der Waals surface area contributed by atoms with Gasteiger partial charge in [-0.1, -0.05) is 0 Å². The summed E-state index contributed by atoms with van der Waals surface area (Å²) in [4.78, 5) is 38.3. The summed E-state index contributed by atoms with van der Waals surface area (Å²) in [5.74, 6) is 0.212. The first kappa shape index (κ1) is 26.6. The van der Waals surface area contributed by atoms with Crippen molar-refractivity contribution < 1.29 is 33.3 Å². The lowest BCUT2D eigenvalue weighted by Crippen LogP contribution is -2.33. The number of aryl methyl sites for hydroxylation is 1. The van der Waals surface area contributed by atoms with Gasteiger partial charge in [0, 0.05) is 31.3 Å². The number of ether oxygens (including phenoxy) is 2. The Morgan fingerprint density at radius 3 is 2.68 bits per heavy atom. The quantitative estimate of drug-likeness (QED) is 0.257. The predicted octanol–water partition coefficient (Wildman–Crippen LogP) is -0.580. The molecule has 7 atom stereocenters. The normalized spacial score (nSPS) is 29.2. The van der Waals surface area contributed by atoms with Crippen molar-refractivity contribution in [3.8, 4) is 0 Å². The summed E-state index contributed by atoms with van der Waals surface area (Å²) in [5.41, 5.74) is 5.81. The summed E-state index contributed by atoms with van der Waals surface area (Å²) in [6, 6.07) is 0. The van der Waals surface area contributed by atoms with E-state index in [0.29, 0.717) is 16.7 Å². The number of imidazole rings is 1. The van der Waals surface area contributed by atoms with Crippen molar-refractivity contribution in [3.05, 3.63) is 45.3 Å². The van der Waals surface area contributed by atoms with Crippen molar-refractivity contribution in [3.63, 3.8) is 0 Å². The van der Waals surface area contributed by atoms with Crippen LogP contribution in [-0.4, -0.2) is 83.6 Å². The van der Waals surface area contributed by atoms with Gasteiger partial charge in [0.2, 0.25) is 0 Å². The Morgan fingerprint density at radius 1 is 1.18 bits per heavy atom. The summed E-state index contributed by atoms with van der Waals surface area (Å²) >= 11 is 0. The van der Waals surface area contributed by atoms with E-state index in [1.54, 1.807) is 11.5 Å². The summed E-state index contributed by atoms with van der Waals surface area (Å²) in [5, 5.41) is 20.3. The Morgan fingerprint density at radius 2 is 1.92 bits per heavy atom. The molecule has 0 saturated carbocycles. The van der Waals surface area contributed by atoms with Gasteiger partial charge in [-0.3, -0.25) is 23.5 Å². The third-order valence-electron chi connectivity index (χ3n) is 6.52. The van der Waals surface area contributed by atoms with Crippen LogP contribution in [0.3, 0.4) is 0 Å². The largest absolute Gasteiger partial charge is 0.394 e. The number of nitrogens with zero attached hydrogens (tertiary/aromatic N) is 5. The lowest BCUT2D eigenvalue weighted by Gasteiger charge is -2.23. The maximum Gasteiger partial charge on any atom is 0.330 e. The highest BCUT2D eigenvalue weighted by Gasteiger charge is 2.42. The number of rotatable bonds is 8. The molecule has 16 nitrogen and oxygen atoms in total. The zero-order chi connectivity index (χ0) is 27.2. The molecule has 0 radical (unpaired) electrons. The van der Waals surface area contributed by atoms with Gasteiger partial charge < -0.3 is 34.5 Å². The van der Waals surface area contributed by atoms with Crippen LogP contribution in [0.5, 0.6) is 0 Å². The SMILES string of the molecule is Cc1cn([C@H]2C[C@H](O)[C@@H](COP(C)(=O)O[C@H]3C[C@H](n4cnc5c(N)ncnc54)O[C@@H]3CO)O2)c(=O)[nH]c1=O. The highest BCUT2D eigenvalue weighted by Crippen LogP contribution is 2.49. The number of aliphatic hydroxyl groups excluding tert-OH is 2. The smallest absolute Gasteiger partial charge is 0.330 e. The zero-order valence-corrected chi connectivity index (χ0v) is 21.4. The number of nitrogens with two attached hydrogens (primary N) is 1. The van der Waals surface area contributed by atoms with Crippen LogP contribution in [0, 0.1) is 6.92 Å². The van der Waals surface area contributed by atoms with Crippen molar-refractivity contribution in [2.75, 3.05) is 25.6 Å². The molecule has 0 amide bonds. The van der Waals surface area contributed by atoms with Gasteiger partial charge in [-0.25, -0.2) is 19.7 Å². The molecule has 0 spiro atoms. The van der Waals surface area contributed by atoms with Gasteiger partial charge in [-0.05, 0) is 6.92 Å². The molecule has 5 N–H and O–H groups in total. The third kappa shape index (κ3) is 5.16. The first-order valence-electron chi connectivity index (χ1n) is 11.8. The molecule has 2 aliphatic rings. The van der Waals surface area contributed by atoms with Crippen LogP contribution in [0.25, 0.3) is 11.2 Å². The average Bonchev–Trinajstić information content (AvgIpc) is 3.57. The minimum absolute atomic E-state index is 0.0615. The minimum atomic E-state index is -3.71. The molecule has 3 aromatic heterocycles. The third-order valence-corrected chi connectivity index (χ3v) is 7.79. The Kier molecular flexibility index (Phi) is 7.21. The Bertz CT molecular complexity index is 1490. The van der Waals surface area contributed by atoms with E-state index in [2.05, 4.69) is 19.9 Å². The van der Waals surface area contributed by atoms with Crippen molar-refractivity contribution in [1.29, 1.82) is 0 Å². The molecule has 0 aromatic carbocycles. The summed E-state index contributed by atoms with van der Waals surface area (Å²) in [6.45, 7) is 2.13. The van der Waals surface area contributed by atoms with Gasteiger partial charge in [0.25, 0.3) is 5.56 Å². The lowest BCUT2D eigenvalue weighted by atomic mass is 10.2. The number of hydrogen-bond donors (Lipinski definition) is 4. The Balaban J connectivity index is 1.22. The van der Waals surface area contributed by atoms with Gasteiger partial charge >= 0.3 is 13.3 Å². The van der Waals surface area contributed by atoms with Crippen molar-refractivity contribution in [2.24, 2.45) is 0 Å². The Labute approximate surface area is 214 Å². The van der Waals surface area contributed by atoms with Gasteiger partial charge in [0.1, 0.15) is 36.5 Å². The van der Waals surface area contributed by atoms with E-state index >= 15 is 0 Å². The van der Waals surface area contributed by atoms with Crippen molar-refractivity contribution in [2.45, 2.75) is 56.6 Å². The van der Waals surface area contributed by atoms with Gasteiger partial charge in [0.15, 0.2) is 11.5 Å². The van der Waals surface area contributed by atoms with Crippen LogP contribution in [0.2, 0.25) is 0 Å². The number of anilines is 1. The first-order valence-corrected chi connectivity index (χ1v) is 13.8. The molecule has 2 saturated heterocycles. The number of hydrogen-bond acceptors (Lipinski definition) is 13. The molecule has 3 aromatic rings. The molecule has 0 aliphatic carbocycles. The Hall–Kier alpha value is -2.98. The van der Waals surface area contributed by atoms with E-state index < -0.39 is 62.3 Å². The number of nitrogen functional groups attached to an aromatic ring is 1. The van der Waals surface area contributed by atoms with E-state index in [9.17, 15) is 24.4 Å². The standard InChI is InChI=1S/C21H28N7O9P/c1-10-5-27(21(32)26-20(10)31)15-3-11(30)14(36-15)7-34-38(2,33)37-12-4-16(35-13(12)6-29)28-9-25-17-18(22)23-8-24-19(17)28/h5,8-9,11-16,29-30H,3-4,6-7H2,1-2H3,(H2,22,23,24)(H,26,31,32)/t11-,12-,13+,14+,15+,16+,38?/m0/s1. The van der Waals surface area contributed by atoms with E-state index in [-0.39, 0.29) is 25.3 Å². The molecule has 5 heterocycles. The number of H-pyrrole nitrogens is 1. The van der Waals surface area contributed by atoms with E-state index in [1.165, 1.54) is 30.1 Å². The predicted molar refractivity (Wildman–Crippen MR) is 130 cm³/mol. The molecule has 5 rings (SSSR count). The molecular formula is C21H28N7O9P. The number of fused-ring (bicyclic) bond motifs is 1. The van der Waals surface area contributed by atoms with Crippen LogP contribution in [0.4, 0.5) is 5.82 Å². The van der Waals surface area contributed by atoms with Crippen molar-refractivity contribution in [1.82, 2.24) is 29.1 Å². The minimum Gasteiger partial charge on any atom is -0.394 e. The summed E-state index contributed by atoms with van der Waals surface area (Å²) < 4.78 is 38.9. The second-order valence-corrected chi connectivity index (χ2v) is 11.3. The van der Waals surface area contributed by atoms with E-state index in [1.807, 2.05) is 0 Å². The van der Waals surface area contributed by atoms with Crippen LogP contribution < -0.4 is 17.0 Å². The zero-order valence-electron chi connectivity index (χ0n) is 20.5. The first-order chi connectivity index (χ1) is 18.1. The number of aliphatic hydroxyl groups is 2. The van der Waals surface area contributed by atoms with Crippen molar-refractivity contribution >= 4 is 24.6 Å². The molecule has 0 bridgehead atoms. The number of aromatic amines is 1. The molecule has 1 unspecified atom stereocenters. The van der Waals surface area contributed by atoms with E-state index in [4.69, 9.17) is 24.3 Å². The van der Waals surface area contributed by atoms with Gasteiger partial charge in [-0.15, -0.1) is 0 Å². The summed E-state index contributed by atoms with van der Waals surface area (Å²) in [7, 11) is -3.71. The maximum atomic E-state index is 13.2. The van der Waals surface area contributed by atoms with Crippen LogP contribution in [0.1, 0.15) is 30.9 Å². The average molecular weight is 553 g/mol. The fourth-order valence-corrected chi connectivity index (χ4v) is 5.74. The summed E-state index contributed by atoms with van der Waals surface area (Å²) in [6.07, 6.45) is -0.576.